The van der Waals surface area contributed by atoms with Crippen molar-refractivity contribution in [3.8, 4) is 0 Å². The van der Waals surface area contributed by atoms with Gasteiger partial charge in [0, 0.05) is 24.1 Å². The first-order valence-corrected chi connectivity index (χ1v) is 9.05. The van der Waals surface area contributed by atoms with Gasteiger partial charge in [-0.15, -0.1) is 11.3 Å². The second-order valence-corrected chi connectivity index (χ2v) is 7.22. The van der Waals surface area contributed by atoms with Crippen molar-refractivity contribution in [3.05, 3.63) is 22.3 Å². The van der Waals surface area contributed by atoms with Crippen molar-refractivity contribution in [1.29, 1.82) is 0 Å². The van der Waals surface area contributed by atoms with Crippen LogP contribution in [0.15, 0.2) is 4.52 Å². The van der Waals surface area contributed by atoms with Gasteiger partial charge in [-0.2, -0.15) is 4.98 Å². The van der Waals surface area contributed by atoms with Gasteiger partial charge in [-0.25, -0.2) is 4.98 Å². The quantitative estimate of drug-likeness (QED) is 0.877. The second kappa shape index (κ2) is 7.21. The van der Waals surface area contributed by atoms with Gasteiger partial charge in [-0.05, 0) is 31.6 Å². The predicted octanol–water partition coefficient (Wildman–Crippen LogP) is 3.17. The van der Waals surface area contributed by atoms with Crippen LogP contribution in [0.25, 0.3) is 0 Å². The highest BCUT2D eigenvalue weighted by Crippen LogP contribution is 2.32. The SMILES string of the molecule is CCCc1noc(CCC(=O)Nc2nc3c(s2)CC(C)CC3)n1. The lowest BCUT2D eigenvalue weighted by molar-refractivity contribution is -0.116. The maximum absolute atomic E-state index is 12.1. The standard InChI is InChI=1S/C16H22N4O2S/c1-3-4-13-18-15(22-20-13)8-7-14(21)19-16-17-11-6-5-10(2)9-12(11)23-16/h10H,3-9H2,1-2H3,(H,17,19,21). The lowest BCUT2D eigenvalue weighted by Gasteiger charge is -2.15. The largest absolute Gasteiger partial charge is 0.339 e. The van der Waals surface area contributed by atoms with Crippen LogP contribution < -0.4 is 5.32 Å². The van der Waals surface area contributed by atoms with Gasteiger partial charge >= 0.3 is 0 Å². The van der Waals surface area contributed by atoms with Gasteiger partial charge in [0.05, 0.1) is 5.69 Å². The molecule has 0 aromatic carbocycles. The van der Waals surface area contributed by atoms with Crippen LogP contribution >= 0.6 is 11.3 Å². The summed E-state index contributed by atoms with van der Waals surface area (Å²) in [5, 5.41) is 7.50. The van der Waals surface area contributed by atoms with Crippen molar-refractivity contribution < 1.29 is 9.32 Å². The van der Waals surface area contributed by atoms with Crippen molar-refractivity contribution in [1.82, 2.24) is 15.1 Å². The van der Waals surface area contributed by atoms with Crippen molar-refractivity contribution >= 4 is 22.4 Å². The molecular formula is C16H22N4O2S. The minimum absolute atomic E-state index is 0.0561. The van der Waals surface area contributed by atoms with Gasteiger partial charge in [0.15, 0.2) is 11.0 Å². The third-order valence-corrected chi connectivity index (χ3v) is 5.02. The van der Waals surface area contributed by atoms with Crippen LogP contribution in [0.1, 0.15) is 55.4 Å². The Labute approximate surface area is 139 Å². The predicted molar refractivity (Wildman–Crippen MR) is 88.5 cm³/mol. The summed E-state index contributed by atoms with van der Waals surface area (Å²) in [7, 11) is 0. The number of thiazole rings is 1. The van der Waals surface area contributed by atoms with E-state index in [0.29, 0.717) is 35.6 Å². The summed E-state index contributed by atoms with van der Waals surface area (Å²) >= 11 is 1.61. The zero-order valence-corrected chi connectivity index (χ0v) is 14.4. The number of hydrogen-bond acceptors (Lipinski definition) is 6. The Morgan fingerprint density at radius 3 is 3.09 bits per heavy atom. The lowest BCUT2D eigenvalue weighted by atomic mass is 9.93. The van der Waals surface area contributed by atoms with Gasteiger partial charge in [0.25, 0.3) is 0 Å². The third-order valence-electron chi connectivity index (χ3n) is 3.98. The lowest BCUT2D eigenvalue weighted by Crippen LogP contribution is -2.12. The van der Waals surface area contributed by atoms with Crippen LogP contribution in [0, 0.1) is 5.92 Å². The minimum Gasteiger partial charge on any atom is -0.339 e. The summed E-state index contributed by atoms with van der Waals surface area (Å²) in [6, 6.07) is 0. The van der Waals surface area contributed by atoms with Crippen molar-refractivity contribution in [2.24, 2.45) is 5.92 Å². The molecule has 0 spiro atoms. The Balaban J connectivity index is 1.51. The molecule has 1 unspecified atom stereocenters. The minimum atomic E-state index is -0.0561. The molecule has 1 aliphatic carbocycles. The summed E-state index contributed by atoms with van der Waals surface area (Å²) in [5.41, 5.74) is 1.16. The fourth-order valence-electron chi connectivity index (χ4n) is 2.71. The summed E-state index contributed by atoms with van der Waals surface area (Å²) in [6.07, 6.45) is 5.85. The van der Waals surface area contributed by atoms with Gasteiger partial charge in [-0.1, -0.05) is 19.0 Å². The zero-order chi connectivity index (χ0) is 16.2. The van der Waals surface area contributed by atoms with E-state index in [1.807, 2.05) is 0 Å². The van der Waals surface area contributed by atoms with E-state index in [1.54, 1.807) is 11.3 Å². The van der Waals surface area contributed by atoms with Crippen LogP contribution in [-0.2, 0) is 30.5 Å². The molecule has 2 aromatic rings. The van der Waals surface area contributed by atoms with E-state index in [9.17, 15) is 4.79 Å². The maximum atomic E-state index is 12.1. The smallest absolute Gasteiger partial charge is 0.227 e. The number of carbonyl (C=O) groups is 1. The Morgan fingerprint density at radius 1 is 1.39 bits per heavy atom. The maximum Gasteiger partial charge on any atom is 0.227 e. The van der Waals surface area contributed by atoms with E-state index in [4.69, 9.17) is 4.52 Å². The summed E-state index contributed by atoms with van der Waals surface area (Å²) in [4.78, 5) is 22.2. The van der Waals surface area contributed by atoms with Crippen molar-refractivity contribution in [3.63, 3.8) is 0 Å². The van der Waals surface area contributed by atoms with Crippen LogP contribution in [0.5, 0.6) is 0 Å². The number of anilines is 1. The Hall–Kier alpha value is -1.76. The highest BCUT2D eigenvalue weighted by molar-refractivity contribution is 7.15. The Kier molecular flexibility index (Phi) is 5.05. The molecule has 7 heteroatoms. The molecule has 0 saturated heterocycles. The number of rotatable bonds is 6. The van der Waals surface area contributed by atoms with E-state index in [1.165, 1.54) is 11.3 Å². The number of aryl methyl sites for hydroxylation is 3. The molecule has 0 radical (unpaired) electrons. The molecule has 2 heterocycles. The van der Waals surface area contributed by atoms with Crippen LogP contribution in [0.3, 0.4) is 0 Å². The number of nitrogens with zero attached hydrogens (tertiary/aromatic N) is 3. The second-order valence-electron chi connectivity index (χ2n) is 6.14. The van der Waals surface area contributed by atoms with E-state index in [2.05, 4.69) is 34.3 Å². The van der Waals surface area contributed by atoms with Gasteiger partial charge in [0.2, 0.25) is 11.8 Å². The molecule has 1 N–H and O–H groups in total. The molecule has 1 atom stereocenters. The summed E-state index contributed by atoms with van der Waals surface area (Å²) in [6.45, 7) is 4.33. The molecule has 1 amide bonds. The van der Waals surface area contributed by atoms with Crippen LogP contribution in [-0.4, -0.2) is 21.0 Å². The number of carbonyl (C=O) groups excluding carboxylic acids is 1. The molecule has 1 aliphatic rings. The molecule has 0 fully saturated rings. The Morgan fingerprint density at radius 2 is 2.26 bits per heavy atom. The highest BCUT2D eigenvalue weighted by atomic mass is 32.1. The van der Waals surface area contributed by atoms with Crippen LogP contribution in [0.4, 0.5) is 5.13 Å². The normalized spacial score (nSPS) is 17.0. The highest BCUT2D eigenvalue weighted by Gasteiger charge is 2.20. The van der Waals surface area contributed by atoms with Crippen molar-refractivity contribution in [2.45, 2.75) is 58.8 Å². The summed E-state index contributed by atoms with van der Waals surface area (Å²) < 4.78 is 5.14. The number of fused-ring (bicyclic) bond motifs is 1. The molecule has 23 heavy (non-hydrogen) atoms. The van der Waals surface area contributed by atoms with Crippen LogP contribution in [0.2, 0.25) is 0 Å². The Bertz CT molecular complexity index is 679. The first kappa shape index (κ1) is 16.1. The molecule has 2 aromatic heterocycles. The van der Waals surface area contributed by atoms with Crippen molar-refractivity contribution in [2.75, 3.05) is 5.32 Å². The van der Waals surface area contributed by atoms with Gasteiger partial charge in [-0.3, -0.25) is 4.79 Å². The van der Waals surface area contributed by atoms with E-state index < -0.39 is 0 Å². The monoisotopic (exact) mass is 334 g/mol. The third kappa shape index (κ3) is 4.16. The van der Waals surface area contributed by atoms with E-state index >= 15 is 0 Å². The molecule has 3 rings (SSSR count). The first-order valence-electron chi connectivity index (χ1n) is 8.24. The fraction of sp³-hybridized carbons (Fsp3) is 0.625. The summed E-state index contributed by atoms with van der Waals surface area (Å²) in [5.74, 6) is 1.89. The van der Waals surface area contributed by atoms with E-state index in [0.717, 1.165) is 31.4 Å². The topological polar surface area (TPSA) is 80.9 Å². The molecule has 0 bridgehead atoms. The average molecular weight is 334 g/mol. The molecular weight excluding hydrogens is 312 g/mol. The zero-order valence-electron chi connectivity index (χ0n) is 13.6. The molecule has 6 nitrogen and oxygen atoms in total. The average Bonchev–Trinajstić information content (AvgIpc) is 3.11. The van der Waals surface area contributed by atoms with Gasteiger partial charge < -0.3 is 9.84 Å². The molecule has 124 valence electrons. The number of aromatic nitrogens is 3. The number of nitrogens with one attached hydrogen (secondary N) is 1. The first-order chi connectivity index (χ1) is 11.1. The number of hydrogen-bond donors (Lipinski definition) is 1. The number of amides is 1. The molecule has 0 saturated carbocycles. The van der Waals surface area contributed by atoms with E-state index in [-0.39, 0.29) is 5.91 Å². The fourth-order valence-corrected chi connectivity index (χ4v) is 3.90. The molecule has 0 aliphatic heterocycles. The van der Waals surface area contributed by atoms with Gasteiger partial charge in [0.1, 0.15) is 0 Å².